The smallest absolute Gasteiger partial charge is 0.137 e. The van der Waals surface area contributed by atoms with Gasteiger partial charge in [-0.25, -0.2) is 4.98 Å². The molecular formula is C13H13N3O. The molecule has 86 valence electrons. The summed E-state index contributed by atoms with van der Waals surface area (Å²) in [6.07, 6.45) is 5.71. The average molecular weight is 227 g/mol. The van der Waals surface area contributed by atoms with E-state index >= 15 is 0 Å². The average Bonchev–Trinajstić information content (AvgIpc) is 2.96. The molecule has 0 atom stereocenters. The molecule has 0 radical (unpaired) electrons. The van der Waals surface area contributed by atoms with Gasteiger partial charge in [0.2, 0.25) is 0 Å². The first kappa shape index (κ1) is 10.1. The van der Waals surface area contributed by atoms with Gasteiger partial charge in [0.25, 0.3) is 0 Å². The highest BCUT2D eigenvalue weighted by atomic mass is 16.3. The molecule has 3 rings (SSSR count). The van der Waals surface area contributed by atoms with Crippen molar-refractivity contribution in [2.45, 2.75) is 13.1 Å². The van der Waals surface area contributed by atoms with Crippen molar-refractivity contribution in [1.82, 2.24) is 14.7 Å². The highest BCUT2D eigenvalue weighted by Gasteiger charge is 2.00. The van der Waals surface area contributed by atoms with E-state index in [1.165, 1.54) is 0 Å². The molecule has 0 spiro atoms. The van der Waals surface area contributed by atoms with E-state index in [0.717, 1.165) is 30.2 Å². The van der Waals surface area contributed by atoms with Crippen LogP contribution in [0.1, 0.15) is 11.5 Å². The van der Waals surface area contributed by atoms with Crippen molar-refractivity contribution in [2.24, 2.45) is 0 Å². The molecule has 0 aliphatic heterocycles. The van der Waals surface area contributed by atoms with Crippen LogP contribution in [0.2, 0.25) is 0 Å². The van der Waals surface area contributed by atoms with Crippen LogP contribution in [-0.2, 0) is 13.1 Å². The topological polar surface area (TPSA) is 42.5 Å². The van der Waals surface area contributed by atoms with Gasteiger partial charge in [0, 0.05) is 18.9 Å². The summed E-state index contributed by atoms with van der Waals surface area (Å²) in [6.45, 7) is 1.46. The number of fused-ring (bicyclic) bond motifs is 1. The second kappa shape index (κ2) is 4.43. The molecule has 0 saturated heterocycles. The van der Waals surface area contributed by atoms with E-state index in [0.29, 0.717) is 0 Å². The first-order valence-corrected chi connectivity index (χ1v) is 5.57. The maximum absolute atomic E-state index is 5.24. The van der Waals surface area contributed by atoms with E-state index in [1.54, 1.807) is 6.26 Å². The minimum Gasteiger partial charge on any atom is -0.468 e. The Hall–Kier alpha value is -2.07. The van der Waals surface area contributed by atoms with Crippen LogP contribution in [0.15, 0.2) is 53.4 Å². The van der Waals surface area contributed by atoms with Gasteiger partial charge >= 0.3 is 0 Å². The van der Waals surface area contributed by atoms with Crippen LogP contribution < -0.4 is 5.32 Å². The molecule has 3 aromatic heterocycles. The predicted octanol–water partition coefficient (Wildman–Crippen LogP) is 2.22. The molecule has 3 aromatic rings. The van der Waals surface area contributed by atoms with Crippen molar-refractivity contribution >= 4 is 5.65 Å². The molecule has 17 heavy (non-hydrogen) atoms. The first-order valence-electron chi connectivity index (χ1n) is 5.57. The minimum atomic E-state index is 0.723. The zero-order chi connectivity index (χ0) is 11.5. The van der Waals surface area contributed by atoms with Gasteiger partial charge in [-0.3, -0.25) is 0 Å². The Morgan fingerprint density at radius 2 is 2.18 bits per heavy atom. The lowest BCUT2D eigenvalue weighted by Gasteiger charge is -1.98. The van der Waals surface area contributed by atoms with Crippen molar-refractivity contribution in [3.8, 4) is 0 Å². The van der Waals surface area contributed by atoms with Crippen LogP contribution >= 0.6 is 0 Å². The summed E-state index contributed by atoms with van der Waals surface area (Å²) in [5.74, 6) is 0.939. The van der Waals surface area contributed by atoms with Crippen molar-refractivity contribution in [2.75, 3.05) is 0 Å². The summed E-state index contributed by atoms with van der Waals surface area (Å²) in [6, 6.07) is 9.83. The van der Waals surface area contributed by atoms with Crippen molar-refractivity contribution in [3.63, 3.8) is 0 Å². The third-order valence-electron chi connectivity index (χ3n) is 2.60. The second-order valence-electron chi connectivity index (χ2n) is 3.88. The van der Waals surface area contributed by atoms with E-state index in [4.69, 9.17) is 4.42 Å². The monoisotopic (exact) mass is 227 g/mol. The van der Waals surface area contributed by atoms with Crippen LogP contribution in [0.3, 0.4) is 0 Å². The van der Waals surface area contributed by atoms with E-state index in [9.17, 15) is 0 Å². The Balaban J connectivity index is 1.65. The fourth-order valence-corrected chi connectivity index (χ4v) is 1.80. The van der Waals surface area contributed by atoms with E-state index in [2.05, 4.69) is 10.3 Å². The van der Waals surface area contributed by atoms with Crippen LogP contribution in [0, 0.1) is 0 Å². The predicted molar refractivity (Wildman–Crippen MR) is 64.4 cm³/mol. The molecule has 0 bridgehead atoms. The van der Waals surface area contributed by atoms with Gasteiger partial charge in [-0.1, -0.05) is 6.07 Å². The van der Waals surface area contributed by atoms with Gasteiger partial charge in [0.1, 0.15) is 11.4 Å². The van der Waals surface area contributed by atoms with Gasteiger partial charge in [-0.05, 0) is 24.3 Å². The highest BCUT2D eigenvalue weighted by molar-refractivity contribution is 5.39. The van der Waals surface area contributed by atoms with Gasteiger partial charge in [0.05, 0.1) is 18.5 Å². The Morgan fingerprint density at radius 3 is 3.00 bits per heavy atom. The minimum absolute atomic E-state index is 0.723. The molecule has 1 N–H and O–H groups in total. The van der Waals surface area contributed by atoms with Crippen molar-refractivity contribution in [3.05, 3.63) is 60.4 Å². The standard InChI is InChI=1S/C13H13N3O/c1-2-6-16-10-11(15-13(16)5-1)8-14-9-12-4-3-7-17-12/h1-7,10,14H,8-9H2. The third-order valence-corrected chi connectivity index (χ3v) is 2.60. The largest absolute Gasteiger partial charge is 0.468 e. The number of hydrogen-bond donors (Lipinski definition) is 1. The van der Waals surface area contributed by atoms with Gasteiger partial charge in [0.15, 0.2) is 0 Å². The number of pyridine rings is 1. The Bertz CT molecular complexity index is 565. The van der Waals surface area contributed by atoms with Gasteiger partial charge < -0.3 is 14.1 Å². The fourth-order valence-electron chi connectivity index (χ4n) is 1.80. The van der Waals surface area contributed by atoms with E-state index in [-0.39, 0.29) is 0 Å². The molecule has 0 aliphatic rings. The molecule has 0 fully saturated rings. The molecule has 4 heteroatoms. The van der Waals surface area contributed by atoms with Crippen LogP contribution in [0.25, 0.3) is 5.65 Å². The molecule has 0 unspecified atom stereocenters. The Kier molecular flexibility index (Phi) is 2.63. The van der Waals surface area contributed by atoms with Crippen molar-refractivity contribution in [1.29, 1.82) is 0 Å². The molecule has 4 nitrogen and oxygen atoms in total. The molecular weight excluding hydrogens is 214 g/mol. The zero-order valence-electron chi connectivity index (χ0n) is 9.34. The summed E-state index contributed by atoms with van der Waals surface area (Å²) < 4.78 is 7.26. The number of imidazole rings is 1. The normalized spacial score (nSPS) is 11.1. The quantitative estimate of drug-likeness (QED) is 0.743. The lowest BCUT2D eigenvalue weighted by Crippen LogP contribution is -2.12. The summed E-state index contributed by atoms with van der Waals surface area (Å²) >= 11 is 0. The van der Waals surface area contributed by atoms with Crippen molar-refractivity contribution < 1.29 is 4.42 Å². The van der Waals surface area contributed by atoms with Crippen LogP contribution in [0.5, 0.6) is 0 Å². The number of nitrogens with one attached hydrogen (secondary N) is 1. The third kappa shape index (κ3) is 2.21. The van der Waals surface area contributed by atoms with E-state index < -0.39 is 0 Å². The fraction of sp³-hybridized carbons (Fsp3) is 0.154. The SMILES string of the molecule is c1coc(CNCc2cn3ccccc3n2)c1. The maximum Gasteiger partial charge on any atom is 0.137 e. The number of hydrogen-bond acceptors (Lipinski definition) is 3. The van der Waals surface area contributed by atoms with E-state index in [1.807, 2.05) is 47.1 Å². The van der Waals surface area contributed by atoms with Gasteiger partial charge in [-0.2, -0.15) is 0 Å². The molecule has 3 heterocycles. The van der Waals surface area contributed by atoms with Crippen LogP contribution in [0.4, 0.5) is 0 Å². The van der Waals surface area contributed by atoms with Crippen LogP contribution in [-0.4, -0.2) is 9.38 Å². The molecule has 0 aliphatic carbocycles. The number of furan rings is 1. The summed E-state index contributed by atoms with van der Waals surface area (Å²) in [7, 11) is 0. The summed E-state index contributed by atoms with van der Waals surface area (Å²) in [5, 5.41) is 3.30. The Labute approximate surface area is 98.9 Å². The number of aromatic nitrogens is 2. The molecule has 0 saturated carbocycles. The lowest BCUT2D eigenvalue weighted by atomic mass is 10.4. The zero-order valence-corrected chi connectivity index (χ0v) is 9.34. The summed E-state index contributed by atoms with van der Waals surface area (Å²) in [5.41, 5.74) is 2.00. The highest BCUT2D eigenvalue weighted by Crippen LogP contribution is 2.05. The molecule has 0 aromatic carbocycles. The maximum atomic E-state index is 5.24. The molecule has 0 amide bonds. The lowest BCUT2D eigenvalue weighted by molar-refractivity contribution is 0.482. The number of rotatable bonds is 4. The number of nitrogens with zero attached hydrogens (tertiary/aromatic N) is 2. The second-order valence-corrected chi connectivity index (χ2v) is 3.88. The summed E-state index contributed by atoms with van der Waals surface area (Å²) in [4.78, 5) is 4.50. The Morgan fingerprint density at radius 1 is 1.18 bits per heavy atom. The first-order chi connectivity index (χ1) is 8.42. The van der Waals surface area contributed by atoms with Gasteiger partial charge in [-0.15, -0.1) is 0 Å².